The molecule has 1 saturated heterocycles. The van der Waals surface area contributed by atoms with E-state index < -0.39 is 5.82 Å². The molecule has 0 bridgehead atoms. The van der Waals surface area contributed by atoms with Gasteiger partial charge < -0.3 is 9.63 Å². The summed E-state index contributed by atoms with van der Waals surface area (Å²) in [6.45, 7) is 0. The first-order chi connectivity index (χ1) is 9.24. The average Bonchev–Trinajstić information content (AvgIpc) is 2.89. The van der Waals surface area contributed by atoms with E-state index in [1.165, 1.54) is 25.0 Å². The molecule has 1 aromatic carbocycles. The maximum atomic E-state index is 12.9. The average molecular weight is 280 g/mol. The van der Waals surface area contributed by atoms with E-state index in [1.807, 2.05) is 11.8 Å². The summed E-state index contributed by atoms with van der Waals surface area (Å²) in [5.74, 6) is 1.31. The summed E-state index contributed by atoms with van der Waals surface area (Å²) in [4.78, 5) is 4.31. The Labute approximate surface area is 114 Å². The van der Waals surface area contributed by atoms with Crippen molar-refractivity contribution in [3.63, 3.8) is 0 Å². The van der Waals surface area contributed by atoms with Gasteiger partial charge in [0.2, 0.25) is 0 Å². The van der Waals surface area contributed by atoms with Crippen molar-refractivity contribution in [2.75, 3.05) is 5.75 Å². The second-order valence-corrected chi connectivity index (χ2v) is 5.79. The van der Waals surface area contributed by atoms with E-state index in [2.05, 4.69) is 10.1 Å². The highest BCUT2D eigenvalue weighted by molar-refractivity contribution is 7.99. The zero-order valence-corrected chi connectivity index (χ0v) is 11.0. The van der Waals surface area contributed by atoms with Gasteiger partial charge in [0.05, 0.1) is 10.8 Å². The van der Waals surface area contributed by atoms with Crippen LogP contribution in [-0.2, 0) is 0 Å². The monoisotopic (exact) mass is 280 g/mol. The molecule has 1 N–H and O–H groups in total. The van der Waals surface area contributed by atoms with E-state index in [4.69, 9.17) is 4.52 Å². The van der Waals surface area contributed by atoms with Crippen LogP contribution in [0.1, 0.15) is 30.3 Å². The molecule has 0 aliphatic carbocycles. The van der Waals surface area contributed by atoms with Crippen LogP contribution in [0.2, 0.25) is 0 Å². The third kappa shape index (κ3) is 2.58. The minimum absolute atomic E-state index is 0.188. The maximum absolute atomic E-state index is 12.9. The van der Waals surface area contributed by atoms with Gasteiger partial charge in [-0.1, -0.05) is 11.6 Å². The molecule has 100 valence electrons. The molecule has 19 heavy (non-hydrogen) atoms. The number of benzene rings is 1. The number of rotatable bonds is 2. The van der Waals surface area contributed by atoms with Crippen molar-refractivity contribution in [1.29, 1.82) is 0 Å². The molecule has 1 fully saturated rings. The van der Waals surface area contributed by atoms with Crippen molar-refractivity contribution in [1.82, 2.24) is 10.1 Å². The van der Waals surface area contributed by atoms with Gasteiger partial charge in [-0.25, -0.2) is 4.39 Å². The lowest BCUT2D eigenvalue weighted by molar-refractivity contribution is 0.414. The summed E-state index contributed by atoms with van der Waals surface area (Å²) in [6.07, 6.45) is 3.44. The van der Waals surface area contributed by atoms with Crippen molar-refractivity contribution in [2.24, 2.45) is 0 Å². The Balaban J connectivity index is 1.87. The highest BCUT2D eigenvalue weighted by Gasteiger charge is 2.22. The van der Waals surface area contributed by atoms with Crippen molar-refractivity contribution >= 4 is 11.8 Å². The molecule has 0 amide bonds. The number of hydrogen-bond acceptors (Lipinski definition) is 5. The number of hydrogen-bond donors (Lipinski definition) is 1. The van der Waals surface area contributed by atoms with Crippen molar-refractivity contribution in [3.05, 3.63) is 29.8 Å². The van der Waals surface area contributed by atoms with Crippen LogP contribution >= 0.6 is 11.8 Å². The minimum Gasteiger partial charge on any atom is -0.507 e. The van der Waals surface area contributed by atoms with Crippen LogP contribution in [0, 0.1) is 5.82 Å². The SMILES string of the molecule is Oc1cc(F)ccc1-c1nc(C2CCCCS2)no1. The second-order valence-electron chi connectivity index (χ2n) is 4.47. The Morgan fingerprint density at radius 2 is 2.26 bits per heavy atom. The number of thioether (sulfide) groups is 1. The molecule has 4 nitrogen and oxygen atoms in total. The highest BCUT2D eigenvalue weighted by Crippen LogP contribution is 2.38. The summed E-state index contributed by atoms with van der Waals surface area (Å²) in [5, 5.41) is 13.9. The van der Waals surface area contributed by atoms with Crippen molar-refractivity contribution in [3.8, 4) is 17.2 Å². The van der Waals surface area contributed by atoms with E-state index in [0.717, 1.165) is 18.2 Å². The van der Waals surface area contributed by atoms with Crippen LogP contribution in [-0.4, -0.2) is 21.0 Å². The molecule has 1 aromatic heterocycles. The van der Waals surface area contributed by atoms with Crippen molar-refractivity contribution < 1.29 is 14.0 Å². The Kier molecular flexibility index (Phi) is 3.42. The van der Waals surface area contributed by atoms with Crippen LogP contribution in [0.3, 0.4) is 0 Å². The van der Waals surface area contributed by atoms with Crippen LogP contribution in [0.5, 0.6) is 5.75 Å². The fourth-order valence-electron chi connectivity index (χ4n) is 2.11. The normalized spacial score (nSPS) is 19.5. The largest absolute Gasteiger partial charge is 0.507 e. The van der Waals surface area contributed by atoms with E-state index in [9.17, 15) is 9.50 Å². The lowest BCUT2D eigenvalue weighted by Crippen LogP contribution is -2.03. The maximum Gasteiger partial charge on any atom is 0.261 e. The molecule has 2 heterocycles. The van der Waals surface area contributed by atoms with E-state index >= 15 is 0 Å². The fourth-order valence-corrected chi connectivity index (χ4v) is 3.34. The number of phenolic OH excluding ortho intramolecular Hbond substituents is 1. The fraction of sp³-hybridized carbons (Fsp3) is 0.385. The first kappa shape index (κ1) is 12.5. The van der Waals surface area contributed by atoms with Gasteiger partial charge in [0.1, 0.15) is 11.6 Å². The minimum atomic E-state index is -0.496. The summed E-state index contributed by atoms with van der Waals surface area (Å²) in [6, 6.07) is 3.73. The summed E-state index contributed by atoms with van der Waals surface area (Å²) >= 11 is 1.82. The molecule has 1 aliphatic rings. The molecular weight excluding hydrogens is 267 g/mol. The first-order valence-corrected chi connectivity index (χ1v) is 7.23. The van der Waals surface area contributed by atoms with Crippen molar-refractivity contribution in [2.45, 2.75) is 24.5 Å². The van der Waals surface area contributed by atoms with Gasteiger partial charge in [0.15, 0.2) is 5.82 Å². The van der Waals surface area contributed by atoms with E-state index in [1.54, 1.807) is 0 Å². The van der Waals surface area contributed by atoms with E-state index in [0.29, 0.717) is 11.4 Å². The third-order valence-electron chi connectivity index (χ3n) is 3.10. The number of aromatic hydroxyl groups is 1. The standard InChI is InChI=1S/C13H13FN2O2S/c14-8-4-5-9(10(17)7-8)13-15-12(16-18-13)11-3-1-2-6-19-11/h4-5,7,11,17H,1-3,6H2. The smallest absolute Gasteiger partial charge is 0.261 e. The second kappa shape index (κ2) is 5.21. The zero-order chi connectivity index (χ0) is 13.2. The van der Waals surface area contributed by atoms with Crippen LogP contribution in [0.15, 0.2) is 22.7 Å². The number of nitrogens with zero attached hydrogens (tertiary/aromatic N) is 2. The lowest BCUT2D eigenvalue weighted by atomic mass is 10.2. The quantitative estimate of drug-likeness (QED) is 0.911. The zero-order valence-electron chi connectivity index (χ0n) is 10.2. The molecule has 1 atom stereocenters. The Hall–Kier alpha value is -1.56. The lowest BCUT2D eigenvalue weighted by Gasteiger charge is -2.17. The van der Waals surface area contributed by atoms with E-state index in [-0.39, 0.29) is 16.9 Å². The Morgan fingerprint density at radius 3 is 3.00 bits per heavy atom. The van der Waals surface area contributed by atoms with Gasteiger partial charge >= 0.3 is 0 Å². The first-order valence-electron chi connectivity index (χ1n) is 6.18. The van der Waals surface area contributed by atoms with Gasteiger partial charge in [0, 0.05) is 6.07 Å². The molecule has 1 aliphatic heterocycles. The number of aromatic nitrogens is 2. The predicted molar refractivity (Wildman–Crippen MR) is 70.4 cm³/mol. The predicted octanol–water partition coefficient (Wildman–Crippen LogP) is 3.54. The van der Waals surface area contributed by atoms with Crippen LogP contribution in [0.25, 0.3) is 11.5 Å². The molecule has 0 saturated carbocycles. The van der Waals surface area contributed by atoms with Crippen LogP contribution < -0.4 is 0 Å². The van der Waals surface area contributed by atoms with Gasteiger partial charge in [-0.2, -0.15) is 16.7 Å². The molecule has 0 radical (unpaired) electrons. The Morgan fingerprint density at radius 1 is 1.37 bits per heavy atom. The Bertz CT molecular complexity index is 582. The van der Waals surface area contributed by atoms with Gasteiger partial charge in [-0.3, -0.25) is 0 Å². The molecule has 0 spiro atoms. The summed E-state index contributed by atoms with van der Waals surface area (Å²) in [7, 11) is 0. The topological polar surface area (TPSA) is 59.2 Å². The molecular formula is C13H13FN2O2S. The molecule has 1 unspecified atom stereocenters. The summed E-state index contributed by atoms with van der Waals surface area (Å²) < 4.78 is 18.1. The van der Waals surface area contributed by atoms with Crippen LogP contribution in [0.4, 0.5) is 4.39 Å². The van der Waals surface area contributed by atoms with Gasteiger partial charge in [-0.15, -0.1) is 0 Å². The molecule has 2 aromatic rings. The summed E-state index contributed by atoms with van der Waals surface area (Å²) in [5.41, 5.74) is 0.362. The molecule has 3 rings (SSSR count). The highest BCUT2D eigenvalue weighted by atomic mass is 32.2. The van der Waals surface area contributed by atoms with Gasteiger partial charge in [0.25, 0.3) is 5.89 Å². The molecule has 6 heteroatoms. The number of halogens is 1. The van der Waals surface area contributed by atoms with Gasteiger partial charge in [-0.05, 0) is 30.7 Å². The third-order valence-corrected chi connectivity index (χ3v) is 4.47. The number of phenols is 1.